The van der Waals surface area contributed by atoms with E-state index in [0.29, 0.717) is 11.3 Å². The molecule has 2 heterocycles. The largest absolute Gasteiger partial charge is 0.416 e. The summed E-state index contributed by atoms with van der Waals surface area (Å²) in [6, 6.07) is 8.83. The number of halogens is 3. The number of amides is 2. The summed E-state index contributed by atoms with van der Waals surface area (Å²) in [6.07, 6.45) is -4.49. The second-order valence-electron chi connectivity index (χ2n) is 8.04. The second-order valence-corrected chi connectivity index (χ2v) is 10.2. The van der Waals surface area contributed by atoms with E-state index in [1.54, 1.807) is 0 Å². The van der Waals surface area contributed by atoms with Gasteiger partial charge < -0.3 is 4.90 Å². The first-order chi connectivity index (χ1) is 13.9. The molecule has 2 aliphatic heterocycles. The molecule has 2 atom stereocenters. The molecule has 2 saturated heterocycles. The summed E-state index contributed by atoms with van der Waals surface area (Å²) in [6.45, 7) is 3.70. The highest BCUT2D eigenvalue weighted by Crippen LogP contribution is 2.37. The molecule has 5 nitrogen and oxygen atoms in total. The van der Waals surface area contributed by atoms with Crippen LogP contribution < -0.4 is 4.90 Å². The number of hydrogen-bond acceptors (Lipinski definition) is 3. The fourth-order valence-corrected chi connectivity index (χ4v) is 6.35. The van der Waals surface area contributed by atoms with Gasteiger partial charge in [0.05, 0.1) is 29.2 Å². The number of aryl methyl sites for hydroxylation is 2. The van der Waals surface area contributed by atoms with Gasteiger partial charge in [0.15, 0.2) is 9.84 Å². The van der Waals surface area contributed by atoms with Crippen LogP contribution in [0.2, 0.25) is 0 Å². The highest BCUT2D eigenvalue weighted by Gasteiger charge is 2.53. The third kappa shape index (κ3) is 3.78. The van der Waals surface area contributed by atoms with E-state index >= 15 is 0 Å². The van der Waals surface area contributed by atoms with Crippen molar-refractivity contribution in [3.05, 3.63) is 64.7 Å². The van der Waals surface area contributed by atoms with E-state index < -0.39 is 33.7 Å². The number of hydrogen-bond donors (Lipinski definition) is 0. The van der Waals surface area contributed by atoms with Gasteiger partial charge in [0.25, 0.3) is 0 Å². The Labute approximate surface area is 173 Å². The van der Waals surface area contributed by atoms with Crippen LogP contribution in [0.25, 0.3) is 0 Å². The molecule has 160 valence electrons. The lowest BCUT2D eigenvalue weighted by atomic mass is 10.1. The maximum Gasteiger partial charge on any atom is 0.416 e. The molecule has 0 unspecified atom stereocenters. The molecule has 2 aromatic carbocycles. The second kappa shape index (κ2) is 7.01. The Hall–Kier alpha value is -2.55. The molecule has 0 radical (unpaired) electrons. The van der Waals surface area contributed by atoms with Gasteiger partial charge in [-0.3, -0.25) is 4.90 Å². The van der Waals surface area contributed by atoms with E-state index in [0.717, 1.165) is 23.3 Å². The van der Waals surface area contributed by atoms with Crippen LogP contribution in [0.3, 0.4) is 0 Å². The van der Waals surface area contributed by atoms with Crippen molar-refractivity contribution in [2.24, 2.45) is 0 Å². The van der Waals surface area contributed by atoms with Crippen molar-refractivity contribution < 1.29 is 26.4 Å². The molecule has 9 heteroatoms. The van der Waals surface area contributed by atoms with Crippen LogP contribution in [0.4, 0.5) is 23.7 Å². The Morgan fingerprint density at radius 3 is 2.27 bits per heavy atom. The first kappa shape index (κ1) is 20.7. The zero-order chi connectivity index (χ0) is 21.8. The fourth-order valence-electron chi connectivity index (χ4n) is 4.40. The van der Waals surface area contributed by atoms with Gasteiger partial charge in [0.2, 0.25) is 0 Å². The monoisotopic (exact) mass is 438 g/mol. The van der Waals surface area contributed by atoms with Crippen molar-refractivity contribution in [3.63, 3.8) is 0 Å². The zero-order valence-electron chi connectivity index (χ0n) is 16.5. The summed E-state index contributed by atoms with van der Waals surface area (Å²) in [5.74, 6) is -0.348. The van der Waals surface area contributed by atoms with Crippen molar-refractivity contribution in [1.29, 1.82) is 0 Å². The number of benzene rings is 2. The minimum atomic E-state index is -4.49. The molecule has 2 aromatic rings. The van der Waals surface area contributed by atoms with Crippen LogP contribution in [-0.2, 0) is 22.6 Å². The number of carbonyl (C=O) groups is 1. The minimum Gasteiger partial charge on any atom is -0.314 e. The minimum absolute atomic E-state index is 0.0826. The molecular formula is C21H21F3N2O3S. The number of alkyl halides is 3. The average molecular weight is 438 g/mol. The van der Waals surface area contributed by atoms with Crippen LogP contribution >= 0.6 is 0 Å². The van der Waals surface area contributed by atoms with Gasteiger partial charge in [-0.15, -0.1) is 0 Å². The summed E-state index contributed by atoms with van der Waals surface area (Å²) < 4.78 is 63.9. The predicted octanol–water partition coefficient (Wildman–Crippen LogP) is 3.93. The Morgan fingerprint density at radius 2 is 1.63 bits per heavy atom. The number of anilines is 1. The van der Waals surface area contributed by atoms with Crippen molar-refractivity contribution in [2.45, 2.75) is 38.7 Å². The van der Waals surface area contributed by atoms with Gasteiger partial charge in [0.1, 0.15) is 0 Å². The van der Waals surface area contributed by atoms with Crippen molar-refractivity contribution in [1.82, 2.24) is 4.90 Å². The van der Waals surface area contributed by atoms with Crippen LogP contribution in [-0.4, -0.2) is 42.9 Å². The number of fused-ring (bicyclic) bond motifs is 1. The van der Waals surface area contributed by atoms with Crippen molar-refractivity contribution >= 4 is 21.6 Å². The number of nitrogens with zero attached hydrogens (tertiary/aromatic N) is 2. The van der Waals surface area contributed by atoms with Gasteiger partial charge in [-0.1, -0.05) is 18.2 Å². The lowest BCUT2D eigenvalue weighted by Crippen LogP contribution is -2.37. The van der Waals surface area contributed by atoms with E-state index in [4.69, 9.17) is 0 Å². The summed E-state index contributed by atoms with van der Waals surface area (Å²) in [5, 5.41) is 0. The molecule has 4 rings (SSSR count). The third-order valence-electron chi connectivity index (χ3n) is 5.57. The van der Waals surface area contributed by atoms with Crippen LogP contribution in [0.5, 0.6) is 0 Å². The maximum atomic E-state index is 13.3. The van der Waals surface area contributed by atoms with E-state index in [9.17, 15) is 26.4 Å². The highest BCUT2D eigenvalue weighted by molar-refractivity contribution is 7.91. The smallest absolute Gasteiger partial charge is 0.314 e. The van der Waals surface area contributed by atoms with Crippen LogP contribution in [0, 0.1) is 13.8 Å². The van der Waals surface area contributed by atoms with E-state index in [1.165, 1.54) is 21.9 Å². The molecule has 2 aliphatic rings. The van der Waals surface area contributed by atoms with Gasteiger partial charge in [-0.05, 0) is 54.8 Å². The first-order valence-corrected chi connectivity index (χ1v) is 11.3. The quantitative estimate of drug-likeness (QED) is 0.683. The van der Waals surface area contributed by atoms with Crippen LogP contribution in [0.15, 0.2) is 42.5 Å². The average Bonchev–Trinajstić information content (AvgIpc) is 3.04. The molecule has 2 fully saturated rings. The van der Waals surface area contributed by atoms with E-state index in [-0.39, 0.29) is 24.1 Å². The van der Waals surface area contributed by atoms with Crippen molar-refractivity contribution in [2.75, 3.05) is 16.4 Å². The normalized spacial score (nSPS) is 23.2. The number of urea groups is 1. The fraction of sp³-hybridized carbons (Fsp3) is 0.381. The van der Waals surface area contributed by atoms with Crippen molar-refractivity contribution in [3.8, 4) is 0 Å². The standard InChI is InChI=1S/C21H21F3N2O3S/c1-13-6-14(2)8-17(7-13)26-19-12-30(28,29)11-18(19)25(20(26)27)10-15-4-3-5-16(9-15)21(22,23)24/h3-9,18-19H,10-12H2,1-2H3/t18-,19+/m1/s1. The molecule has 0 bridgehead atoms. The molecule has 0 saturated carbocycles. The number of sulfone groups is 1. The Balaban J connectivity index is 1.71. The van der Waals surface area contributed by atoms with E-state index in [2.05, 4.69) is 0 Å². The summed E-state index contributed by atoms with van der Waals surface area (Å²) in [5.41, 5.74) is 1.99. The lowest BCUT2D eigenvalue weighted by Gasteiger charge is -2.23. The summed E-state index contributed by atoms with van der Waals surface area (Å²) in [7, 11) is -3.36. The van der Waals surface area contributed by atoms with Gasteiger partial charge >= 0.3 is 12.2 Å². The molecule has 0 aromatic heterocycles. The summed E-state index contributed by atoms with van der Waals surface area (Å²) >= 11 is 0. The third-order valence-corrected chi connectivity index (χ3v) is 7.27. The zero-order valence-corrected chi connectivity index (χ0v) is 17.3. The molecule has 0 aliphatic carbocycles. The van der Waals surface area contributed by atoms with Gasteiger partial charge in [0, 0.05) is 12.2 Å². The Kier molecular flexibility index (Phi) is 4.84. The Bertz CT molecular complexity index is 1090. The molecule has 0 spiro atoms. The first-order valence-electron chi connectivity index (χ1n) is 9.49. The molecule has 2 amide bonds. The number of rotatable bonds is 3. The molecule has 30 heavy (non-hydrogen) atoms. The SMILES string of the molecule is Cc1cc(C)cc(N2C(=O)N(Cc3cccc(C(F)(F)F)c3)[C@@H]3CS(=O)(=O)C[C@@H]32)c1. The Morgan fingerprint density at radius 1 is 1.00 bits per heavy atom. The predicted molar refractivity (Wildman–Crippen MR) is 107 cm³/mol. The van der Waals surface area contributed by atoms with Crippen LogP contribution in [0.1, 0.15) is 22.3 Å². The van der Waals surface area contributed by atoms with E-state index in [1.807, 2.05) is 32.0 Å². The lowest BCUT2D eigenvalue weighted by molar-refractivity contribution is -0.137. The number of carbonyl (C=O) groups excluding carboxylic acids is 1. The highest BCUT2D eigenvalue weighted by atomic mass is 32.2. The molecular weight excluding hydrogens is 417 g/mol. The molecule has 0 N–H and O–H groups in total. The summed E-state index contributed by atoms with van der Waals surface area (Å²) in [4.78, 5) is 16.2. The topological polar surface area (TPSA) is 57.7 Å². The van der Waals surface area contributed by atoms with Gasteiger partial charge in [-0.25, -0.2) is 13.2 Å². The maximum absolute atomic E-state index is 13.3. The van der Waals surface area contributed by atoms with Gasteiger partial charge in [-0.2, -0.15) is 13.2 Å².